The van der Waals surface area contributed by atoms with Crippen LogP contribution in [0.4, 0.5) is 5.95 Å². The van der Waals surface area contributed by atoms with Gasteiger partial charge in [-0.15, -0.1) is 0 Å². The molecule has 2 aromatic heterocycles. The second-order valence-electron chi connectivity index (χ2n) is 9.95. The Bertz CT molecular complexity index is 948. The molecule has 0 bridgehead atoms. The summed E-state index contributed by atoms with van der Waals surface area (Å²) >= 11 is 0. The van der Waals surface area contributed by atoms with Gasteiger partial charge in [0, 0.05) is 6.61 Å². The number of nitrogen functional groups attached to an aromatic ring is 1. The molecule has 0 amide bonds. The summed E-state index contributed by atoms with van der Waals surface area (Å²) in [5.41, 5.74) is 5.62. The highest BCUT2D eigenvalue weighted by atomic mass is 16.6. The van der Waals surface area contributed by atoms with Crippen LogP contribution in [0.3, 0.4) is 0 Å². The molecule has 0 unspecified atom stereocenters. The quantitative estimate of drug-likeness (QED) is 0.223. The lowest BCUT2D eigenvalue weighted by Gasteiger charge is -2.22. The summed E-state index contributed by atoms with van der Waals surface area (Å²) in [6.07, 6.45) is 16.0. The smallest absolute Gasteiger partial charge is 0.280 e. The number of ether oxygens (including phenoxy) is 2. The van der Waals surface area contributed by atoms with Gasteiger partial charge < -0.3 is 25.4 Å². The molecule has 1 aliphatic rings. The number of nitrogens with one attached hydrogen (secondary N) is 1. The lowest BCUT2D eigenvalue weighted by atomic mass is 10.0. The molecule has 0 aromatic carbocycles. The maximum absolute atomic E-state index is 12.1. The van der Waals surface area contributed by atoms with Crippen molar-refractivity contribution in [2.45, 2.75) is 121 Å². The molecule has 1 fully saturated rings. The van der Waals surface area contributed by atoms with Crippen LogP contribution >= 0.6 is 0 Å². The minimum atomic E-state index is -1.01. The topological polar surface area (TPSA) is 149 Å². The zero-order valence-corrected chi connectivity index (χ0v) is 21.7. The Morgan fingerprint density at radius 1 is 1.03 bits per heavy atom. The van der Waals surface area contributed by atoms with E-state index in [-0.39, 0.29) is 23.7 Å². The minimum Gasteiger partial charge on any atom is -0.394 e. The third-order valence-corrected chi connectivity index (χ3v) is 7.03. The van der Waals surface area contributed by atoms with E-state index in [4.69, 9.17) is 15.2 Å². The number of aromatic nitrogens is 4. The Morgan fingerprint density at radius 2 is 1.61 bits per heavy atom. The number of rotatable bonds is 18. The highest BCUT2D eigenvalue weighted by Gasteiger charge is 2.45. The number of aliphatic hydroxyl groups is 2. The van der Waals surface area contributed by atoms with Crippen molar-refractivity contribution in [3.05, 3.63) is 16.7 Å². The molecule has 3 rings (SSSR count). The molecule has 5 N–H and O–H groups in total. The molecule has 3 heterocycles. The fourth-order valence-corrected chi connectivity index (χ4v) is 4.92. The average Bonchev–Trinajstić information content (AvgIpc) is 3.42. The van der Waals surface area contributed by atoms with Crippen molar-refractivity contribution in [2.24, 2.45) is 0 Å². The number of anilines is 1. The van der Waals surface area contributed by atoms with Crippen LogP contribution in [0.1, 0.15) is 103 Å². The van der Waals surface area contributed by atoms with Gasteiger partial charge in [-0.05, 0) is 6.42 Å². The standard InChI is InChI=1S/C26H45N5O5/c1-2-3-4-5-6-7-8-9-10-11-12-13-14-15-16-35-22-21(33)19(17-32)36-25(22)31-18-28-20-23(31)29-26(27)30-24(20)34/h18-19,21-22,25,32-33H,2-17H2,1H3,(H3,27,29,30,34)/t19-,21-,22-,25-/m1/s1. The van der Waals surface area contributed by atoms with Gasteiger partial charge in [0.25, 0.3) is 5.56 Å². The molecule has 4 atom stereocenters. The predicted octanol–water partition coefficient (Wildman–Crippen LogP) is 3.82. The van der Waals surface area contributed by atoms with E-state index in [9.17, 15) is 15.0 Å². The van der Waals surface area contributed by atoms with Gasteiger partial charge in [-0.1, -0.05) is 90.4 Å². The highest BCUT2D eigenvalue weighted by Crippen LogP contribution is 2.33. The van der Waals surface area contributed by atoms with E-state index in [1.807, 2.05) is 0 Å². The molecule has 10 nitrogen and oxygen atoms in total. The summed E-state index contributed by atoms with van der Waals surface area (Å²) in [5, 5.41) is 20.3. The Labute approximate surface area is 213 Å². The minimum absolute atomic E-state index is 0.0358. The Balaban J connectivity index is 1.35. The third kappa shape index (κ3) is 7.99. The number of hydrogen-bond acceptors (Lipinski definition) is 8. The van der Waals surface area contributed by atoms with E-state index in [1.54, 1.807) is 0 Å². The van der Waals surface area contributed by atoms with Crippen molar-refractivity contribution in [1.82, 2.24) is 19.5 Å². The molecule has 0 aliphatic carbocycles. The molecule has 10 heteroatoms. The molecule has 1 aliphatic heterocycles. The first-order chi connectivity index (χ1) is 17.6. The van der Waals surface area contributed by atoms with Gasteiger partial charge in [0.1, 0.15) is 18.3 Å². The van der Waals surface area contributed by atoms with Crippen LogP contribution in [0.2, 0.25) is 0 Å². The summed E-state index contributed by atoms with van der Waals surface area (Å²) in [7, 11) is 0. The number of hydrogen-bond donors (Lipinski definition) is 4. The van der Waals surface area contributed by atoms with E-state index >= 15 is 0 Å². The van der Waals surface area contributed by atoms with E-state index in [0.29, 0.717) is 6.61 Å². The van der Waals surface area contributed by atoms with Gasteiger partial charge in [-0.25, -0.2) is 4.98 Å². The first kappa shape index (κ1) is 28.6. The van der Waals surface area contributed by atoms with Crippen LogP contribution in [0.25, 0.3) is 11.2 Å². The van der Waals surface area contributed by atoms with Crippen LogP contribution in [0.5, 0.6) is 0 Å². The first-order valence-corrected chi connectivity index (χ1v) is 13.8. The normalized spacial score (nSPS) is 22.1. The molecule has 0 spiro atoms. The Hall–Kier alpha value is -2.01. The van der Waals surface area contributed by atoms with Crippen LogP contribution in [0, 0.1) is 0 Å². The molecule has 0 saturated carbocycles. The lowest BCUT2D eigenvalue weighted by molar-refractivity contribution is -0.0711. The first-order valence-electron chi connectivity index (χ1n) is 13.8. The second-order valence-corrected chi connectivity index (χ2v) is 9.95. The van der Waals surface area contributed by atoms with Gasteiger partial charge in [-0.3, -0.25) is 14.3 Å². The van der Waals surface area contributed by atoms with Gasteiger partial charge >= 0.3 is 0 Å². The van der Waals surface area contributed by atoms with Crippen molar-refractivity contribution in [3.8, 4) is 0 Å². The van der Waals surface area contributed by atoms with Gasteiger partial charge in [0.15, 0.2) is 17.4 Å². The Morgan fingerprint density at radius 3 is 2.19 bits per heavy atom. The van der Waals surface area contributed by atoms with E-state index in [1.165, 1.54) is 87.9 Å². The molecule has 204 valence electrons. The van der Waals surface area contributed by atoms with E-state index in [2.05, 4.69) is 21.9 Å². The SMILES string of the molecule is CCCCCCCCCCCCCCCCO[C@@H]1[C@H](O)[C@@H](CO)O[C@H]1n1cnc2c(=O)[nH]c(N)nc21. The van der Waals surface area contributed by atoms with Crippen LogP contribution in [-0.2, 0) is 9.47 Å². The number of nitrogens with zero attached hydrogens (tertiary/aromatic N) is 3. The number of imidazole rings is 1. The maximum Gasteiger partial charge on any atom is 0.280 e. The van der Waals surface area contributed by atoms with E-state index < -0.39 is 30.1 Å². The van der Waals surface area contributed by atoms with Crippen LogP contribution in [0.15, 0.2) is 11.1 Å². The van der Waals surface area contributed by atoms with Crippen LogP contribution in [-0.4, -0.2) is 61.3 Å². The molecular formula is C26H45N5O5. The summed E-state index contributed by atoms with van der Waals surface area (Å²) in [5.74, 6) is -0.0358. The summed E-state index contributed by atoms with van der Waals surface area (Å²) in [4.78, 5) is 22.8. The third-order valence-electron chi connectivity index (χ3n) is 7.03. The predicted molar refractivity (Wildman–Crippen MR) is 140 cm³/mol. The second kappa shape index (κ2) is 15.3. The number of aromatic amines is 1. The van der Waals surface area contributed by atoms with Crippen molar-refractivity contribution < 1.29 is 19.7 Å². The molecule has 2 aromatic rings. The summed E-state index contributed by atoms with van der Waals surface area (Å²) < 4.78 is 13.4. The van der Waals surface area contributed by atoms with Crippen molar-refractivity contribution in [2.75, 3.05) is 18.9 Å². The van der Waals surface area contributed by atoms with Gasteiger partial charge in [0.2, 0.25) is 5.95 Å². The van der Waals surface area contributed by atoms with Crippen molar-refractivity contribution in [1.29, 1.82) is 0 Å². The van der Waals surface area contributed by atoms with Crippen molar-refractivity contribution >= 4 is 17.1 Å². The zero-order valence-electron chi connectivity index (χ0n) is 21.7. The van der Waals surface area contributed by atoms with Crippen LogP contribution < -0.4 is 11.3 Å². The zero-order chi connectivity index (χ0) is 25.8. The summed E-state index contributed by atoms with van der Waals surface area (Å²) in [6, 6.07) is 0. The fourth-order valence-electron chi connectivity index (χ4n) is 4.92. The number of aliphatic hydroxyl groups excluding tert-OH is 2. The fraction of sp³-hybridized carbons (Fsp3) is 0.808. The van der Waals surface area contributed by atoms with Gasteiger partial charge in [0.05, 0.1) is 12.9 Å². The molecular weight excluding hydrogens is 462 g/mol. The Kier molecular flexibility index (Phi) is 12.1. The molecule has 36 heavy (non-hydrogen) atoms. The maximum atomic E-state index is 12.1. The van der Waals surface area contributed by atoms with Crippen molar-refractivity contribution in [3.63, 3.8) is 0 Å². The lowest BCUT2D eigenvalue weighted by Crippen LogP contribution is -2.35. The van der Waals surface area contributed by atoms with Gasteiger partial charge in [-0.2, -0.15) is 4.98 Å². The van der Waals surface area contributed by atoms with E-state index in [0.717, 1.165) is 12.8 Å². The largest absolute Gasteiger partial charge is 0.394 e. The monoisotopic (exact) mass is 507 g/mol. The molecule has 0 radical (unpaired) electrons. The molecule has 1 saturated heterocycles. The number of fused-ring (bicyclic) bond motifs is 1. The summed E-state index contributed by atoms with van der Waals surface area (Å²) in [6.45, 7) is 2.38. The number of nitrogens with two attached hydrogens (primary N) is 1. The number of unbranched alkanes of at least 4 members (excludes halogenated alkanes) is 13. The highest BCUT2D eigenvalue weighted by molar-refractivity contribution is 5.70. The average molecular weight is 508 g/mol. The number of H-pyrrole nitrogens is 1.